The van der Waals surface area contributed by atoms with Crippen molar-refractivity contribution in [1.29, 1.82) is 0 Å². The van der Waals surface area contributed by atoms with Crippen LogP contribution in [0.5, 0.6) is 0 Å². The normalized spacial score (nSPS) is 23.8. The van der Waals surface area contributed by atoms with E-state index in [1.807, 2.05) is 24.3 Å². The number of carbonyl (C=O) groups excluding carboxylic acids is 2. The van der Waals surface area contributed by atoms with Gasteiger partial charge in [-0.05, 0) is 31.0 Å². The maximum absolute atomic E-state index is 12.6. The topological polar surface area (TPSA) is 63.4 Å². The lowest BCUT2D eigenvalue weighted by Gasteiger charge is -2.29. The molecule has 21 heavy (non-hydrogen) atoms. The molecular formula is C16H20N2O2S. The van der Waals surface area contributed by atoms with E-state index >= 15 is 0 Å². The smallest absolute Gasteiger partial charge is 0.243 e. The molecule has 2 N–H and O–H groups in total. The third-order valence-electron chi connectivity index (χ3n) is 4.22. The molecule has 2 fully saturated rings. The van der Waals surface area contributed by atoms with Gasteiger partial charge in [0.15, 0.2) is 0 Å². The molecule has 2 amide bonds. The molecule has 3 rings (SSSR count). The summed E-state index contributed by atoms with van der Waals surface area (Å²) < 4.78 is 0. The van der Waals surface area contributed by atoms with Gasteiger partial charge in [-0.25, -0.2) is 0 Å². The average molecular weight is 304 g/mol. The molecule has 2 aliphatic rings. The second kappa shape index (κ2) is 6.10. The molecule has 1 aliphatic heterocycles. The summed E-state index contributed by atoms with van der Waals surface area (Å²) in [6.07, 6.45) is 5.70. The number of rotatable bonds is 3. The van der Waals surface area contributed by atoms with Crippen LogP contribution in [0.1, 0.15) is 38.5 Å². The van der Waals surface area contributed by atoms with Gasteiger partial charge in [-0.3, -0.25) is 14.5 Å². The molecule has 1 saturated heterocycles. The minimum atomic E-state index is -0.291. The van der Waals surface area contributed by atoms with E-state index in [4.69, 9.17) is 5.73 Å². The first-order chi connectivity index (χ1) is 10.1. The number of likely N-dealkylation sites (tertiary alicyclic amines) is 1. The van der Waals surface area contributed by atoms with Gasteiger partial charge in [-0.1, -0.05) is 25.3 Å². The number of nitrogens with two attached hydrogens (primary N) is 1. The summed E-state index contributed by atoms with van der Waals surface area (Å²) in [7, 11) is 0. The number of thioether (sulfide) groups is 1. The van der Waals surface area contributed by atoms with Crippen LogP contribution in [0.3, 0.4) is 0 Å². The first-order valence-corrected chi connectivity index (χ1v) is 8.41. The average Bonchev–Trinajstić information content (AvgIpc) is 2.74. The monoisotopic (exact) mass is 304 g/mol. The predicted molar refractivity (Wildman–Crippen MR) is 83.8 cm³/mol. The molecule has 0 spiro atoms. The Hall–Kier alpha value is -1.49. The molecule has 0 bridgehead atoms. The molecule has 1 unspecified atom stereocenters. The molecule has 0 aromatic heterocycles. The maximum atomic E-state index is 12.6. The van der Waals surface area contributed by atoms with Crippen LogP contribution < -0.4 is 5.73 Å². The number of nitrogens with zero attached hydrogens (tertiary/aromatic N) is 1. The Balaban J connectivity index is 1.71. The SMILES string of the molecule is Nc1cccc(SC2CC(=O)N(C3CCCCC3)C2=O)c1. The van der Waals surface area contributed by atoms with Crippen LogP contribution in [0.2, 0.25) is 0 Å². The van der Waals surface area contributed by atoms with E-state index in [1.165, 1.54) is 18.2 Å². The fourth-order valence-electron chi connectivity index (χ4n) is 3.19. The van der Waals surface area contributed by atoms with Gasteiger partial charge in [0.2, 0.25) is 11.8 Å². The predicted octanol–water partition coefficient (Wildman–Crippen LogP) is 2.82. The van der Waals surface area contributed by atoms with Gasteiger partial charge in [0.1, 0.15) is 0 Å². The van der Waals surface area contributed by atoms with Gasteiger partial charge in [0, 0.05) is 23.0 Å². The van der Waals surface area contributed by atoms with Gasteiger partial charge in [0.05, 0.1) is 5.25 Å². The molecule has 1 atom stereocenters. The summed E-state index contributed by atoms with van der Waals surface area (Å²) in [4.78, 5) is 27.3. The Labute approximate surface area is 129 Å². The number of carbonyl (C=O) groups is 2. The van der Waals surface area contributed by atoms with Crippen molar-refractivity contribution >= 4 is 29.3 Å². The molecule has 5 heteroatoms. The van der Waals surface area contributed by atoms with Gasteiger partial charge in [-0.2, -0.15) is 0 Å². The molecule has 4 nitrogen and oxygen atoms in total. The fraction of sp³-hybridized carbons (Fsp3) is 0.500. The second-order valence-electron chi connectivity index (χ2n) is 5.78. The highest BCUT2D eigenvalue weighted by Crippen LogP contribution is 2.35. The van der Waals surface area contributed by atoms with Crippen LogP contribution in [-0.4, -0.2) is 28.0 Å². The van der Waals surface area contributed by atoms with Crippen LogP contribution in [0.4, 0.5) is 5.69 Å². The van der Waals surface area contributed by atoms with Crippen molar-refractivity contribution in [2.45, 2.75) is 54.7 Å². The van der Waals surface area contributed by atoms with Gasteiger partial charge < -0.3 is 5.73 Å². The number of anilines is 1. The summed E-state index contributed by atoms with van der Waals surface area (Å²) >= 11 is 1.45. The van der Waals surface area contributed by atoms with E-state index in [0.717, 1.165) is 30.6 Å². The Bertz CT molecular complexity index is 555. The van der Waals surface area contributed by atoms with E-state index in [-0.39, 0.29) is 23.1 Å². The molecular weight excluding hydrogens is 284 g/mol. The molecule has 1 aromatic rings. The van der Waals surface area contributed by atoms with Crippen molar-refractivity contribution in [2.24, 2.45) is 0 Å². The Morgan fingerprint density at radius 1 is 1.14 bits per heavy atom. The van der Waals surface area contributed by atoms with Crippen LogP contribution in [0.15, 0.2) is 29.2 Å². The molecule has 1 heterocycles. The molecule has 0 radical (unpaired) electrons. The summed E-state index contributed by atoms with van der Waals surface area (Å²) in [5.74, 6) is -0.0207. The van der Waals surface area contributed by atoms with Gasteiger partial charge >= 0.3 is 0 Å². The van der Waals surface area contributed by atoms with Crippen LogP contribution >= 0.6 is 11.8 Å². The van der Waals surface area contributed by atoms with Crippen molar-refractivity contribution < 1.29 is 9.59 Å². The largest absolute Gasteiger partial charge is 0.399 e. The number of hydrogen-bond donors (Lipinski definition) is 1. The third-order valence-corrected chi connectivity index (χ3v) is 5.40. The highest BCUT2D eigenvalue weighted by Gasteiger charge is 2.42. The summed E-state index contributed by atoms with van der Waals surface area (Å²) in [6.45, 7) is 0. The van der Waals surface area contributed by atoms with E-state index in [9.17, 15) is 9.59 Å². The van der Waals surface area contributed by atoms with Crippen molar-refractivity contribution in [3.05, 3.63) is 24.3 Å². The summed E-state index contributed by atoms with van der Waals surface area (Å²) in [5, 5.41) is -0.291. The van der Waals surface area contributed by atoms with Crippen molar-refractivity contribution in [2.75, 3.05) is 5.73 Å². The number of imide groups is 1. The zero-order chi connectivity index (χ0) is 14.8. The third kappa shape index (κ3) is 3.07. The van der Waals surface area contributed by atoms with E-state index < -0.39 is 0 Å². The first-order valence-electron chi connectivity index (χ1n) is 7.53. The number of hydrogen-bond acceptors (Lipinski definition) is 4. The van der Waals surface area contributed by atoms with Crippen LogP contribution in [-0.2, 0) is 9.59 Å². The van der Waals surface area contributed by atoms with Gasteiger partial charge in [-0.15, -0.1) is 11.8 Å². The highest BCUT2D eigenvalue weighted by atomic mass is 32.2. The van der Waals surface area contributed by atoms with Crippen molar-refractivity contribution in [3.63, 3.8) is 0 Å². The minimum Gasteiger partial charge on any atom is -0.399 e. The lowest BCUT2D eigenvalue weighted by Crippen LogP contribution is -2.41. The quantitative estimate of drug-likeness (QED) is 0.689. The minimum absolute atomic E-state index is 0.00620. The first kappa shape index (κ1) is 14.4. The van der Waals surface area contributed by atoms with E-state index in [1.54, 1.807) is 4.90 Å². The zero-order valence-corrected chi connectivity index (χ0v) is 12.8. The second-order valence-corrected chi connectivity index (χ2v) is 7.05. The molecule has 1 saturated carbocycles. The number of benzene rings is 1. The summed E-state index contributed by atoms with van der Waals surface area (Å²) in [5.41, 5.74) is 6.44. The Kier molecular flexibility index (Phi) is 4.19. The molecule has 112 valence electrons. The van der Waals surface area contributed by atoms with Crippen molar-refractivity contribution in [1.82, 2.24) is 4.90 Å². The summed E-state index contributed by atoms with van der Waals surface area (Å²) in [6, 6.07) is 7.61. The van der Waals surface area contributed by atoms with Crippen LogP contribution in [0.25, 0.3) is 0 Å². The van der Waals surface area contributed by atoms with Crippen LogP contribution in [0, 0.1) is 0 Å². The van der Waals surface area contributed by atoms with Gasteiger partial charge in [0.25, 0.3) is 0 Å². The number of nitrogen functional groups attached to an aromatic ring is 1. The lowest BCUT2D eigenvalue weighted by atomic mass is 9.94. The molecule has 1 aliphatic carbocycles. The lowest BCUT2D eigenvalue weighted by molar-refractivity contribution is -0.141. The maximum Gasteiger partial charge on any atom is 0.243 e. The Morgan fingerprint density at radius 3 is 2.62 bits per heavy atom. The van der Waals surface area contributed by atoms with E-state index in [0.29, 0.717) is 12.1 Å². The highest BCUT2D eigenvalue weighted by molar-refractivity contribution is 8.00. The number of amides is 2. The zero-order valence-electron chi connectivity index (χ0n) is 12.0. The van der Waals surface area contributed by atoms with E-state index in [2.05, 4.69) is 0 Å². The fourth-order valence-corrected chi connectivity index (χ4v) is 4.32. The standard InChI is InChI=1S/C16H20N2O2S/c17-11-5-4-8-13(9-11)21-14-10-15(19)18(16(14)20)12-6-2-1-3-7-12/h4-5,8-9,12,14H,1-3,6-7,10,17H2. The van der Waals surface area contributed by atoms with Crippen molar-refractivity contribution in [3.8, 4) is 0 Å². The molecule has 1 aromatic carbocycles. The Morgan fingerprint density at radius 2 is 1.90 bits per heavy atom.